The predicted octanol–water partition coefficient (Wildman–Crippen LogP) is -0.0246. The SMILES string of the molecule is O=C1COCC(=O)N1[C@H](CO)Cc1ccccc1. The molecule has 1 aromatic carbocycles. The van der Waals surface area contributed by atoms with Crippen LogP contribution in [0.25, 0.3) is 0 Å². The predicted molar refractivity (Wildman–Crippen MR) is 63.7 cm³/mol. The maximum absolute atomic E-state index is 11.7. The van der Waals surface area contributed by atoms with Crippen LogP contribution in [-0.2, 0) is 20.7 Å². The van der Waals surface area contributed by atoms with Crippen LogP contribution in [0.1, 0.15) is 5.56 Å². The number of hydrogen-bond donors (Lipinski definition) is 1. The molecule has 18 heavy (non-hydrogen) atoms. The Morgan fingerprint density at radius 2 is 1.78 bits per heavy atom. The summed E-state index contributed by atoms with van der Waals surface area (Å²) < 4.78 is 4.85. The molecule has 1 aliphatic rings. The molecular weight excluding hydrogens is 234 g/mol. The smallest absolute Gasteiger partial charge is 0.255 e. The van der Waals surface area contributed by atoms with E-state index in [4.69, 9.17) is 4.74 Å². The standard InChI is InChI=1S/C13H15NO4/c15-7-11(6-10-4-2-1-3-5-10)14-12(16)8-18-9-13(14)17/h1-5,11,15H,6-9H2/t11-/m0/s1. The van der Waals surface area contributed by atoms with E-state index in [0.29, 0.717) is 6.42 Å². The molecule has 5 nitrogen and oxygen atoms in total. The van der Waals surface area contributed by atoms with Crippen molar-refractivity contribution in [3.63, 3.8) is 0 Å². The molecule has 0 radical (unpaired) electrons. The summed E-state index contributed by atoms with van der Waals surface area (Å²) in [5.41, 5.74) is 0.976. The van der Waals surface area contributed by atoms with Gasteiger partial charge in [-0.1, -0.05) is 30.3 Å². The molecule has 1 heterocycles. The van der Waals surface area contributed by atoms with Crippen LogP contribution in [0.3, 0.4) is 0 Å². The monoisotopic (exact) mass is 249 g/mol. The van der Waals surface area contributed by atoms with Gasteiger partial charge in [-0.25, -0.2) is 0 Å². The van der Waals surface area contributed by atoms with Crippen LogP contribution in [-0.4, -0.2) is 47.7 Å². The van der Waals surface area contributed by atoms with Gasteiger partial charge in [0, 0.05) is 0 Å². The lowest BCUT2D eigenvalue weighted by atomic mass is 10.0. The number of aliphatic hydroxyl groups excluding tert-OH is 1. The highest BCUT2D eigenvalue weighted by atomic mass is 16.5. The molecule has 0 aliphatic carbocycles. The minimum Gasteiger partial charge on any atom is -0.394 e. The van der Waals surface area contributed by atoms with E-state index in [1.807, 2.05) is 30.3 Å². The molecule has 5 heteroatoms. The summed E-state index contributed by atoms with van der Waals surface area (Å²) in [5, 5.41) is 9.39. The lowest BCUT2D eigenvalue weighted by Gasteiger charge is -2.31. The summed E-state index contributed by atoms with van der Waals surface area (Å²) in [5.74, 6) is -0.775. The number of imide groups is 1. The van der Waals surface area contributed by atoms with Gasteiger partial charge in [-0.15, -0.1) is 0 Å². The number of nitrogens with zero attached hydrogens (tertiary/aromatic N) is 1. The molecule has 0 bridgehead atoms. The normalized spacial score (nSPS) is 17.9. The van der Waals surface area contributed by atoms with Crippen molar-refractivity contribution in [3.05, 3.63) is 35.9 Å². The second-order valence-electron chi connectivity index (χ2n) is 4.18. The van der Waals surface area contributed by atoms with Gasteiger partial charge >= 0.3 is 0 Å². The highest BCUT2D eigenvalue weighted by Crippen LogP contribution is 2.12. The third-order valence-corrected chi connectivity index (χ3v) is 2.88. The van der Waals surface area contributed by atoms with Crippen molar-refractivity contribution in [1.82, 2.24) is 4.90 Å². The van der Waals surface area contributed by atoms with Crippen molar-refractivity contribution < 1.29 is 19.4 Å². The number of rotatable bonds is 4. The Kier molecular flexibility index (Phi) is 4.07. The fourth-order valence-electron chi connectivity index (χ4n) is 2.03. The molecule has 96 valence electrons. The first-order valence-corrected chi connectivity index (χ1v) is 5.80. The van der Waals surface area contributed by atoms with E-state index in [-0.39, 0.29) is 31.6 Å². The topological polar surface area (TPSA) is 66.8 Å². The first kappa shape index (κ1) is 12.7. The molecule has 2 rings (SSSR count). The van der Waals surface area contributed by atoms with Crippen molar-refractivity contribution >= 4 is 11.8 Å². The number of hydrogen-bond acceptors (Lipinski definition) is 4. The first-order chi connectivity index (χ1) is 8.72. The number of carbonyl (C=O) groups excluding carboxylic acids is 2. The summed E-state index contributed by atoms with van der Waals surface area (Å²) in [6.07, 6.45) is 0.453. The average molecular weight is 249 g/mol. The van der Waals surface area contributed by atoms with Crippen LogP contribution in [0.15, 0.2) is 30.3 Å². The van der Waals surface area contributed by atoms with Crippen LogP contribution >= 0.6 is 0 Å². The molecule has 0 spiro atoms. The highest BCUT2D eigenvalue weighted by Gasteiger charge is 2.32. The van der Waals surface area contributed by atoms with E-state index < -0.39 is 6.04 Å². The van der Waals surface area contributed by atoms with Crippen LogP contribution in [0.2, 0.25) is 0 Å². The molecule has 2 amide bonds. The van der Waals surface area contributed by atoms with E-state index in [1.165, 1.54) is 0 Å². The van der Waals surface area contributed by atoms with Crippen molar-refractivity contribution in [2.45, 2.75) is 12.5 Å². The van der Waals surface area contributed by atoms with E-state index in [0.717, 1.165) is 10.5 Å². The van der Waals surface area contributed by atoms with Crippen molar-refractivity contribution in [2.24, 2.45) is 0 Å². The summed E-state index contributed by atoms with van der Waals surface area (Å²) in [4.78, 5) is 24.4. The zero-order valence-corrected chi connectivity index (χ0v) is 9.91. The molecule has 1 aromatic rings. The molecule has 0 unspecified atom stereocenters. The van der Waals surface area contributed by atoms with Gasteiger partial charge in [0.1, 0.15) is 13.2 Å². The van der Waals surface area contributed by atoms with Crippen molar-refractivity contribution in [2.75, 3.05) is 19.8 Å². The summed E-state index contributed by atoms with van der Waals surface area (Å²) >= 11 is 0. The molecule has 1 fully saturated rings. The van der Waals surface area contributed by atoms with Crippen LogP contribution in [0.4, 0.5) is 0 Å². The maximum atomic E-state index is 11.7. The minimum atomic E-state index is -0.517. The zero-order chi connectivity index (χ0) is 13.0. The molecule has 0 aromatic heterocycles. The van der Waals surface area contributed by atoms with E-state index in [1.54, 1.807) is 0 Å². The Bertz CT molecular complexity index is 416. The second-order valence-corrected chi connectivity index (χ2v) is 4.18. The summed E-state index contributed by atoms with van der Waals surface area (Å²) in [6.45, 7) is -0.444. The zero-order valence-electron chi connectivity index (χ0n) is 9.91. The van der Waals surface area contributed by atoms with Gasteiger partial charge in [-0.05, 0) is 12.0 Å². The first-order valence-electron chi connectivity index (χ1n) is 5.80. The fraction of sp³-hybridized carbons (Fsp3) is 0.385. The Morgan fingerprint density at radius 1 is 1.17 bits per heavy atom. The lowest BCUT2D eigenvalue weighted by molar-refractivity contribution is -0.162. The second kappa shape index (κ2) is 5.75. The van der Waals surface area contributed by atoms with Crippen molar-refractivity contribution in [1.29, 1.82) is 0 Å². The molecular formula is C13H15NO4. The van der Waals surface area contributed by atoms with Gasteiger partial charge < -0.3 is 9.84 Å². The molecule has 1 saturated heterocycles. The fourth-order valence-corrected chi connectivity index (χ4v) is 2.03. The van der Waals surface area contributed by atoms with Gasteiger partial charge in [-0.3, -0.25) is 14.5 Å². The van der Waals surface area contributed by atoms with Crippen LogP contribution in [0.5, 0.6) is 0 Å². The van der Waals surface area contributed by atoms with Gasteiger partial charge in [0.2, 0.25) is 0 Å². The highest BCUT2D eigenvalue weighted by molar-refractivity contribution is 5.98. The number of amides is 2. The Labute approximate surface area is 105 Å². The van der Waals surface area contributed by atoms with E-state index in [9.17, 15) is 14.7 Å². The summed E-state index contributed by atoms with van der Waals surface area (Å²) in [7, 11) is 0. The van der Waals surface area contributed by atoms with Gasteiger partial charge in [0.25, 0.3) is 11.8 Å². The number of aliphatic hydroxyl groups is 1. The molecule has 1 atom stereocenters. The quantitative estimate of drug-likeness (QED) is 0.761. The van der Waals surface area contributed by atoms with Crippen molar-refractivity contribution in [3.8, 4) is 0 Å². The number of morpholine rings is 1. The largest absolute Gasteiger partial charge is 0.394 e. The lowest BCUT2D eigenvalue weighted by Crippen LogP contribution is -2.53. The Hall–Kier alpha value is -1.72. The van der Waals surface area contributed by atoms with E-state index >= 15 is 0 Å². The molecule has 0 saturated carbocycles. The third kappa shape index (κ3) is 2.75. The minimum absolute atomic E-state index is 0.100. The van der Waals surface area contributed by atoms with Gasteiger partial charge in [-0.2, -0.15) is 0 Å². The number of benzene rings is 1. The van der Waals surface area contributed by atoms with Gasteiger partial charge in [0.15, 0.2) is 0 Å². The van der Waals surface area contributed by atoms with Crippen LogP contribution in [0, 0.1) is 0 Å². The number of ether oxygens (including phenoxy) is 1. The molecule has 1 aliphatic heterocycles. The average Bonchev–Trinajstić information content (AvgIpc) is 2.38. The van der Waals surface area contributed by atoms with E-state index in [2.05, 4.69) is 0 Å². The third-order valence-electron chi connectivity index (χ3n) is 2.88. The number of carbonyl (C=O) groups is 2. The Balaban J connectivity index is 2.12. The van der Waals surface area contributed by atoms with Crippen LogP contribution < -0.4 is 0 Å². The van der Waals surface area contributed by atoms with Gasteiger partial charge in [0.05, 0.1) is 12.6 Å². The summed E-state index contributed by atoms with van der Waals surface area (Å²) in [6, 6.07) is 8.94. The maximum Gasteiger partial charge on any atom is 0.255 e. The Morgan fingerprint density at radius 3 is 2.33 bits per heavy atom. The molecule has 1 N–H and O–H groups in total.